The molecule has 1 aromatic carbocycles. The fourth-order valence-electron chi connectivity index (χ4n) is 2.42. The highest BCUT2D eigenvalue weighted by atomic mass is 16.6. The van der Waals surface area contributed by atoms with Crippen LogP contribution >= 0.6 is 0 Å². The fourth-order valence-corrected chi connectivity index (χ4v) is 2.42. The highest BCUT2D eigenvalue weighted by molar-refractivity contribution is 5.76. The van der Waals surface area contributed by atoms with Crippen molar-refractivity contribution in [2.45, 2.75) is 19.4 Å². The van der Waals surface area contributed by atoms with Crippen LogP contribution in [0.5, 0.6) is 0 Å². The Morgan fingerprint density at radius 1 is 1.24 bits per heavy atom. The molecule has 1 saturated heterocycles. The Kier molecular flexibility index (Phi) is 7.15. The van der Waals surface area contributed by atoms with E-state index in [0.29, 0.717) is 24.9 Å². The molecule has 25 heavy (non-hydrogen) atoms. The fraction of sp³-hybridized carbons (Fsp3) is 0.500. The molecule has 0 unspecified atom stereocenters. The summed E-state index contributed by atoms with van der Waals surface area (Å²) < 4.78 is 5.03. The summed E-state index contributed by atoms with van der Waals surface area (Å²) >= 11 is 0. The normalized spacial score (nSPS) is 14.0. The van der Waals surface area contributed by atoms with Gasteiger partial charge in [-0.25, -0.2) is 4.79 Å². The van der Waals surface area contributed by atoms with Gasteiger partial charge in [0.05, 0.1) is 4.92 Å². The molecule has 0 aromatic heterocycles. The summed E-state index contributed by atoms with van der Waals surface area (Å²) in [6.07, 6.45) is 0.367. The smallest absolute Gasteiger partial charge is 0.407 e. The zero-order valence-corrected chi connectivity index (χ0v) is 13.9. The Hall–Kier alpha value is -2.68. The molecule has 0 atom stereocenters. The van der Waals surface area contributed by atoms with Gasteiger partial charge >= 0.3 is 6.09 Å². The van der Waals surface area contributed by atoms with Crippen LogP contribution in [0.2, 0.25) is 0 Å². The predicted molar refractivity (Wildman–Crippen MR) is 90.0 cm³/mol. The molecular formula is C16H22N4O5. The van der Waals surface area contributed by atoms with Gasteiger partial charge in [0.1, 0.15) is 6.61 Å². The number of benzene rings is 1. The number of rotatable bonds is 7. The Labute approximate surface area is 145 Å². The van der Waals surface area contributed by atoms with E-state index in [0.717, 1.165) is 26.2 Å². The zero-order valence-electron chi connectivity index (χ0n) is 13.9. The van der Waals surface area contributed by atoms with Crippen LogP contribution in [0.25, 0.3) is 0 Å². The summed E-state index contributed by atoms with van der Waals surface area (Å²) in [4.78, 5) is 35.4. The van der Waals surface area contributed by atoms with Gasteiger partial charge in [-0.3, -0.25) is 14.9 Å². The lowest BCUT2D eigenvalue weighted by Gasteiger charge is -2.27. The number of carbonyl (C=O) groups is 2. The molecule has 2 amide bonds. The minimum Gasteiger partial charge on any atom is -0.445 e. The number of nitro groups is 1. The van der Waals surface area contributed by atoms with Crippen LogP contribution in [-0.4, -0.2) is 54.5 Å². The van der Waals surface area contributed by atoms with Crippen LogP contribution in [0.1, 0.15) is 18.4 Å². The number of nitrogens with zero attached hydrogens (tertiary/aromatic N) is 2. The number of hydrogen-bond donors (Lipinski definition) is 2. The number of hydrogen-bond acceptors (Lipinski definition) is 6. The van der Waals surface area contributed by atoms with Crippen LogP contribution in [-0.2, 0) is 16.1 Å². The van der Waals surface area contributed by atoms with Gasteiger partial charge in [-0.05, 0) is 24.1 Å². The van der Waals surface area contributed by atoms with E-state index in [4.69, 9.17) is 4.74 Å². The Balaban J connectivity index is 1.59. The van der Waals surface area contributed by atoms with Crippen molar-refractivity contribution in [2.75, 3.05) is 32.7 Å². The van der Waals surface area contributed by atoms with Crippen molar-refractivity contribution in [3.63, 3.8) is 0 Å². The van der Waals surface area contributed by atoms with Crippen molar-refractivity contribution in [1.29, 1.82) is 0 Å². The molecule has 0 spiro atoms. The van der Waals surface area contributed by atoms with E-state index in [1.54, 1.807) is 0 Å². The Morgan fingerprint density at radius 2 is 1.92 bits per heavy atom. The molecule has 0 saturated carbocycles. The molecule has 9 heteroatoms. The lowest BCUT2D eigenvalue weighted by Crippen LogP contribution is -2.46. The molecule has 0 radical (unpaired) electrons. The maximum absolute atomic E-state index is 11.9. The molecule has 2 N–H and O–H groups in total. The van der Waals surface area contributed by atoms with E-state index >= 15 is 0 Å². The summed E-state index contributed by atoms with van der Waals surface area (Å²) in [7, 11) is 0. The van der Waals surface area contributed by atoms with Crippen LogP contribution in [0.4, 0.5) is 10.5 Å². The summed E-state index contributed by atoms with van der Waals surface area (Å²) in [5, 5.41) is 16.3. The molecule has 1 aliphatic rings. The van der Waals surface area contributed by atoms with Gasteiger partial charge in [0.15, 0.2) is 0 Å². The number of nitrogens with one attached hydrogen (secondary N) is 2. The average molecular weight is 350 g/mol. The first-order chi connectivity index (χ1) is 12.1. The van der Waals surface area contributed by atoms with Gasteiger partial charge in [-0.2, -0.15) is 0 Å². The summed E-state index contributed by atoms with van der Waals surface area (Å²) in [5.74, 6) is 0.0996. The first-order valence-electron chi connectivity index (χ1n) is 8.18. The van der Waals surface area contributed by atoms with Crippen molar-refractivity contribution in [2.24, 2.45) is 0 Å². The van der Waals surface area contributed by atoms with Crippen LogP contribution in [0.15, 0.2) is 24.3 Å². The van der Waals surface area contributed by atoms with Gasteiger partial charge in [-0.15, -0.1) is 0 Å². The number of non-ortho nitro benzene ring substituents is 1. The highest BCUT2D eigenvalue weighted by Gasteiger charge is 2.15. The summed E-state index contributed by atoms with van der Waals surface area (Å²) in [6.45, 7) is 3.48. The van der Waals surface area contributed by atoms with Gasteiger partial charge in [-0.1, -0.05) is 0 Å². The molecule has 1 fully saturated rings. The standard InChI is InChI=1S/C16H22N4O5/c21-15(19-10-8-17-9-11-19)2-1-7-18-16(22)25-12-13-3-5-14(6-4-13)20(23)24/h3-6,17H,1-2,7-12H2,(H,18,22). The van der Waals surface area contributed by atoms with E-state index in [9.17, 15) is 19.7 Å². The topological polar surface area (TPSA) is 114 Å². The number of piperazine rings is 1. The third kappa shape index (κ3) is 6.38. The van der Waals surface area contributed by atoms with E-state index in [2.05, 4.69) is 10.6 Å². The van der Waals surface area contributed by atoms with Crippen molar-refractivity contribution in [3.8, 4) is 0 Å². The van der Waals surface area contributed by atoms with Crippen LogP contribution in [0, 0.1) is 10.1 Å². The van der Waals surface area contributed by atoms with Gasteiger partial charge in [0.2, 0.25) is 5.91 Å². The zero-order chi connectivity index (χ0) is 18.1. The molecule has 1 aromatic rings. The molecule has 2 rings (SSSR count). The molecule has 0 aliphatic carbocycles. The van der Waals surface area contributed by atoms with Crippen molar-refractivity contribution in [1.82, 2.24) is 15.5 Å². The number of nitro benzene ring substituents is 1. The minimum atomic E-state index is -0.576. The van der Waals surface area contributed by atoms with Crippen molar-refractivity contribution >= 4 is 17.7 Å². The molecular weight excluding hydrogens is 328 g/mol. The largest absolute Gasteiger partial charge is 0.445 e. The quantitative estimate of drug-likeness (QED) is 0.431. The number of amides is 2. The molecule has 9 nitrogen and oxygen atoms in total. The van der Waals surface area contributed by atoms with Crippen LogP contribution in [0.3, 0.4) is 0 Å². The van der Waals surface area contributed by atoms with Gasteiger partial charge in [0.25, 0.3) is 5.69 Å². The lowest BCUT2D eigenvalue weighted by atomic mass is 10.2. The minimum absolute atomic E-state index is 0.0117. The second kappa shape index (κ2) is 9.58. The first kappa shape index (κ1) is 18.7. The Bertz CT molecular complexity index is 599. The lowest BCUT2D eigenvalue weighted by molar-refractivity contribution is -0.384. The molecule has 0 bridgehead atoms. The van der Waals surface area contributed by atoms with Crippen LogP contribution < -0.4 is 10.6 Å². The van der Waals surface area contributed by atoms with E-state index < -0.39 is 11.0 Å². The number of carbonyl (C=O) groups excluding carboxylic acids is 2. The SMILES string of the molecule is O=C(NCCCC(=O)N1CCNCC1)OCc1ccc([N+](=O)[O-])cc1. The number of alkyl carbamates (subject to hydrolysis) is 1. The first-order valence-corrected chi connectivity index (χ1v) is 8.18. The predicted octanol–water partition coefficient (Wildman–Crippen LogP) is 1.03. The van der Waals surface area contributed by atoms with Crippen molar-refractivity contribution in [3.05, 3.63) is 39.9 Å². The van der Waals surface area contributed by atoms with Crippen molar-refractivity contribution < 1.29 is 19.2 Å². The maximum Gasteiger partial charge on any atom is 0.407 e. The maximum atomic E-state index is 11.9. The molecule has 136 valence electrons. The van der Waals surface area contributed by atoms with E-state index in [1.807, 2.05) is 4.90 Å². The molecule has 1 aliphatic heterocycles. The highest BCUT2D eigenvalue weighted by Crippen LogP contribution is 2.12. The van der Waals surface area contributed by atoms with E-state index in [-0.39, 0.29) is 18.2 Å². The second-order valence-electron chi connectivity index (χ2n) is 5.66. The Morgan fingerprint density at radius 3 is 2.56 bits per heavy atom. The summed E-state index contributed by atoms with van der Waals surface area (Å²) in [5.41, 5.74) is 0.650. The number of ether oxygens (including phenoxy) is 1. The van der Waals surface area contributed by atoms with Gasteiger partial charge in [0, 0.05) is 51.3 Å². The summed E-state index contributed by atoms with van der Waals surface area (Å²) in [6, 6.07) is 5.80. The average Bonchev–Trinajstić information content (AvgIpc) is 2.64. The van der Waals surface area contributed by atoms with Gasteiger partial charge < -0.3 is 20.3 Å². The monoisotopic (exact) mass is 350 g/mol. The van der Waals surface area contributed by atoms with E-state index in [1.165, 1.54) is 24.3 Å². The third-order valence-electron chi connectivity index (χ3n) is 3.82. The third-order valence-corrected chi connectivity index (χ3v) is 3.82. The second-order valence-corrected chi connectivity index (χ2v) is 5.66. The molecule has 1 heterocycles.